The molecule has 0 radical (unpaired) electrons. The Labute approximate surface area is 310 Å². The maximum absolute atomic E-state index is 12.0. The van der Waals surface area contributed by atoms with Crippen molar-refractivity contribution in [3.63, 3.8) is 0 Å². The number of nitrogens with two attached hydrogens (primary N) is 2. The molecule has 0 aromatic heterocycles. The van der Waals surface area contributed by atoms with Gasteiger partial charge in [0, 0.05) is 68.2 Å². The fourth-order valence-corrected chi connectivity index (χ4v) is 5.44. The van der Waals surface area contributed by atoms with Gasteiger partial charge in [-0.15, -0.1) is 0 Å². The van der Waals surface area contributed by atoms with Crippen LogP contribution in [-0.2, 0) is 72.1 Å². The number of rotatable bonds is 8. The first-order chi connectivity index (χ1) is 22.7. The van der Waals surface area contributed by atoms with Crippen LogP contribution in [0.4, 0.5) is 0 Å². The summed E-state index contributed by atoms with van der Waals surface area (Å²) in [6, 6.07) is 14.7. The quantitative estimate of drug-likeness (QED) is 0.266. The van der Waals surface area contributed by atoms with Gasteiger partial charge < -0.3 is 20.9 Å². The average molecular weight is 895 g/mol. The number of esters is 2. The number of cyclic esters (lactones) is 2. The number of aryl methyl sites for hydroxylation is 2. The molecule has 1 aliphatic carbocycles. The number of allylic oxidation sites excluding steroid dienone is 4. The Morgan fingerprint density at radius 1 is 0.653 bits per heavy atom. The second kappa shape index (κ2) is 20.4. The van der Waals surface area contributed by atoms with E-state index in [-0.39, 0.29) is 57.5 Å². The van der Waals surface area contributed by atoms with Crippen molar-refractivity contribution in [3.05, 3.63) is 93.4 Å². The van der Waals surface area contributed by atoms with Gasteiger partial charge >= 0.3 is 11.9 Å². The van der Waals surface area contributed by atoms with Gasteiger partial charge in [0.05, 0.1) is 0 Å². The topological polar surface area (TPSA) is 173 Å². The molecule has 5 rings (SSSR count). The summed E-state index contributed by atoms with van der Waals surface area (Å²) in [6.07, 6.45) is 8.30. The Kier molecular flexibility index (Phi) is 17.5. The average Bonchev–Trinajstić information content (AvgIpc) is 3.02. The number of halogens is 2. The van der Waals surface area contributed by atoms with E-state index in [0.717, 1.165) is 24.0 Å². The molecule has 1 fully saturated rings. The third-order valence-electron chi connectivity index (χ3n) is 7.92. The van der Waals surface area contributed by atoms with Crippen LogP contribution in [0.5, 0.6) is 0 Å². The molecule has 266 valence electrons. The van der Waals surface area contributed by atoms with Crippen LogP contribution in [0, 0.1) is 11.8 Å². The Hall–Kier alpha value is -3.27. The standard InChI is InChI=1S/2C15H13ClO4.C6H14N2.Pt/c2*1-9-8-13(18)14(15(19)20-9)12(17)7-4-10-2-5-11(16)6-3-10;7-5-3-1-2-4-6(5)8;/h2*2-3,5-6,8,14H,4,7H2,1H3;5-6H,1-4,7-8H2;/t;;5-,6-;/m..1./s1. The first-order valence-electron chi connectivity index (χ1n) is 15.7. The summed E-state index contributed by atoms with van der Waals surface area (Å²) < 4.78 is 9.64. The molecule has 49 heavy (non-hydrogen) atoms. The normalized spacial score (nSPS) is 21.6. The number of carbonyl (C=O) groups is 6. The molecule has 4 N–H and O–H groups in total. The number of carbonyl (C=O) groups excluding carboxylic acids is 6. The third kappa shape index (κ3) is 13.5. The maximum atomic E-state index is 12.0. The molecule has 2 heterocycles. The Morgan fingerprint density at radius 2 is 0.980 bits per heavy atom. The van der Waals surface area contributed by atoms with Gasteiger partial charge in [-0.2, -0.15) is 0 Å². The van der Waals surface area contributed by atoms with Crippen LogP contribution in [0.2, 0.25) is 10.0 Å². The summed E-state index contributed by atoms with van der Waals surface area (Å²) in [6.45, 7) is 3.01. The second-order valence-electron chi connectivity index (χ2n) is 11.8. The smallest absolute Gasteiger partial charge is 0.329 e. The summed E-state index contributed by atoms with van der Waals surface area (Å²) in [4.78, 5) is 70.6. The molecule has 0 saturated heterocycles. The van der Waals surface area contributed by atoms with E-state index in [1.807, 2.05) is 0 Å². The SMILES string of the molecule is CC1=CC(=O)C(C(=O)CCc2ccc(Cl)cc2)C(=O)O1.CC1=CC(=O)C(C(=O)CCc2ccc(Cl)cc2)C(=O)O1.N[C@@H]1CCCC[C@H]1N.[Pt]. The number of ether oxygens (including phenoxy) is 2. The molecule has 4 atom stereocenters. The predicted molar refractivity (Wildman–Crippen MR) is 181 cm³/mol. The van der Waals surface area contributed by atoms with Crippen LogP contribution in [0.15, 0.2) is 72.2 Å². The summed E-state index contributed by atoms with van der Waals surface area (Å²) in [5.41, 5.74) is 13.2. The fourth-order valence-electron chi connectivity index (χ4n) is 5.19. The van der Waals surface area contributed by atoms with E-state index in [0.29, 0.717) is 22.9 Å². The van der Waals surface area contributed by atoms with E-state index in [1.54, 1.807) is 48.5 Å². The van der Waals surface area contributed by atoms with Crippen molar-refractivity contribution in [1.29, 1.82) is 0 Å². The molecule has 2 aliphatic heterocycles. The molecule has 0 bridgehead atoms. The zero-order chi connectivity index (χ0) is 35.4. The van der Waals surface area contributed by atoms with E-state index in [9.17, 15) is 28.8 Å². The molecule has 2 aromatic rings. The number of hydrogen-bond donors (Lipinski definition) is 2. The monoisotopic (exact) mass is 893 g/mol. The van der Waals surface area contributed by atoms with Crippen LogP contribution in [0.3, 0.4) is 0 Å². The summed E-state index contributed by atoms with van der Waals surface area (Å²) >= 11 is 11.5. The summed E-state index contributed by atoms with van der Waals surface area (Å²) in [5, 5.41) is 1.23. The Balaban J connectivity index is 0.000000274. The van der Waals surface area contributed by atoms with Gasteiger partial charge in [0.25, 0.3) is 0 Å². The minimum absolute atomic E-state index is 0. The van der Waals surface area contributed by atoms with E-state index >= 15 is 0 Å². The van der Waals surface area contributed by atoms with Crippen molar-refractivity contribution < 1.29 is 59.3 Å². The Morgan fingerprint density at radius 3 is 1.27 bits per heavy atom. The van der Waals surface area contributed by atoms with Gasteiger partial charge in [-0.3, -0.25) is 28.8 Å². The molecule has 2 aromatic carbocycles. The number of benzene rings is 2. The van der Waals surface area contributed by atoms with E-state index < -0.39 is 46.9 Å². The van der Waals surface area contributed by atoms with Gasteiger partial charge in [0.1, 0.15) is 11.5 Å². The van der Waals surface area contributed by atoms with Crippen molar-refractivity contribution in [2.24, 2.45) is 23.3 Å². The van der Waals surface area contributed by atoms with Crippen molar-refractivity contribution >= 4 is 58.3 Å². The zero-order valence-corrected chi connectivity index (χ0v) is 31.0. The molecule has 0 amide bonds. The van der Waals surface area contributed by atoms with E-state index in [1.165, 1.54) is 38.8 Å². The van der Waals surface area contributed by atoms with Crippen molar-refractivity contribution in [2.75, 3.05) is 0 Å². The largest absolute Gasteiger partial charge is 0.430 e. The predicted octanol–water partition coefficient (Wildman–Crippen LogP) is 5.19. The molecule has 10 nitrogen and oxygen atoms in total. The van der Waals surface area contributed by atoms with Crippen molar-refractivity contribution in [3.8, 4) is 0 Å². The van der Waals surface area contributed by atoms with Crippen molar-refractivity contribution in [1.82, 2.24) is 0 Å². The minimum Gasteiger partial charge on any atom is -0.430 e. The van der Waals surface area contributed by atoms with Crippen molar-refractivity contribution in [2.45, 2.75) is 77.3 Å². The third-order valence-corrected chi connectivity index (χ3v) is 8.42. The second-order valence-corrected chi connectivity index (χ2v) is 12.7. The van der Waals surface area contributed by atoms with Gasteiger partial charge in [-0.05, 0) is 74.9 Å². The minimum atomic E-state index is -1.31. The molecule has 13 heteroatoms. The summed E-state index contributed by atoms with van der Waals surface area (Å²) in [5.74, 6) is -5.58. The Bertz CT molecular complexity index is 1460. The van der Waals surface area contributed by atoms with Gasteiger partial charge in [-0.25, -0.2) is 0 Å². The molecule has 1 saturated carbocycles. The fraction of sp³-hybridized carbons (Fsp3) is 0.389. The van der Waals surface area contributed by atoms with E-state index in [2.05, 4.69) is 0 Å². The molecular weight excluding hydrogens is 854 g/mol. The van der Waals surface area contributed by atoms with Gasteiger partial charge in [0.15, 0.2) is 35.0 Å². The number of Topliss-reactive ketones (excluding diaryl/α,β-unsaturated/α-hetero) is 2. The van der Waals surface area contributed by atoms with Crippen LogP contribution in [0.1, 0.15) is 63.5 Å². The maximum Gasteiger partial charge on any atom is 0.329 e. The van der Waals surface area contributed by atoms with Crippen LogP contribution >= 0.6 is 23.2 Å². The number of hydrogen-bond acceptors (Lipinski definition) is 10. The molecule has 0 spiro atoms. The van der Waals surface area contributed by atoms with Crippen LogP contribution in [-0.4, -0.2) is 47.2 Å². The first kappa shape index (κ1) is 41.9. The molecule has 2 unspecified atom stereocenters. The summed E-state index contributed by atoms with van der Waals surface area (Å²) in [7, 11) is 0. The van der Waals surface area contributed by atoms with Gasteiger partial charge in [-0.1, -0.05) is 60.3 Å². The molecule has 3 aliphatic rings. The van der Waals surface area contributed by atoms with E-state index in [4.69, 9.17) is 44.1 Å². The zero-order valence-electron chi connectivity index (χ0n) is 27.2. The first-order valence-corrected chi connectivity index (χ1v) is 16.4. The van der Waals surface area contributed by atoms with Gasteiger partial charge in [0.2, 0.25) is 0 Å². The van der Waals surface area contributed by atoms with Crippen LogP contribution in [0.25, 0.3) is 0 Å². The van der Waals surface area contributed by atoms with Crippen LogP contribution < -0.4 is 11.5 Å². The number of ketones is 4. The molecular formula is C36H40Cl2N2O8Pt.